The van der Waals surface area contributed by atoms with Crippen LogP contribution in [0.1, 0.15) is 40.1 Å². The number of hydrogen-bond acceptors (Lipinski definition) is 7. The van der Waals surface area contributed by atoms with E-state index >= 15 is 0 Å². The second kappa shape index (κ2) is 10.1. The van der Waals surface area contributed by atoms with Gasteiger partial charge in [0.2, 0.25) is 0 Å². The number of fused-ring (bicyclic) bond motifs is 1. The van der Waals surface area contributed by atoms with Gasteiger partial charge < -0.3 is 9.73 Å². The first kappa shape index (κ1) is 26.0. The maximum atomic E-state index is 13.3. The minimum absolute atomic E-state index is 0.101. The predicted molar refractivity (Wildman–Crippen MR) is 136 cm³/mol. The predicted octanol–water partition coefficient (Wildman–Crippen LogP) is 4.93. The Morgan fingerprint density at radius 1 is 1.05 bits per heavy atom. The molecule has 1 atom stereocenters. The standard InChI is InChI=1S/C26H23F2N3O5S/c1-14-12-18(24-19(13-14)22(32)15(2)23(36-24)17-8-5-4-6-9-17)16(3)30-20-10-7-11-29-21(20)25(33)31-37(34,35)26(27)28/h4-13,16,26,30H,1-3H3,(H,31,33). The molecule has 1 unspecified atom stereocenters. The highest BCUT2D eigenvalue weighted by atomic mass is 32.2. The van der Waals surface area contributed by atoms with Crippen molar-refractivity contribution in [1.29, 1.82) is 0 Å². The first-order chi connectivity index (χ1) is 17.5. The molecule has 0 saturated carbocycles. The van der Waals surface area contributed by atoms with E-state index in [9.17, 15) is 26.8 Å². The van der Waals surface area contributed by atoms with Gasteiger partial charge in [-0.25, -0.2) is 18.1 Å². The maximum absolute atomic E-state index is 13.3. The van der Waals surface area contributed by atoms with Gasteiger partial charge in [0.15, 0.2) is 11.1 Å². The quantitative estimate of drug-likeness (QED) is 0.350. The number of aromatic nitrogens is 1. The molecule has 2 heterocycles. The Balaban J connectivity index is 1.78. The highest BCUT2D eigenvalue weighted by molar-refractivity contribution is 7.90. The molecule has 2 aromatic heterocycles. The molecular formula is C26H23F2N3O5S. The zero-order valence-corrected chi connectivity index (χ0v) is 20.9. The van der Waals surface area contributed by atoms with Crippen molar-refractivity contribution in [1.82, 2.24) is 9.71 Å². The maximum Gasteiger partial charge on any atom is 0.355 e. The van der Waals surface area contributed by atoms with Crippen molar-refractivity contribution in [3.63, 3.8) is 0 Å². The molecule has 11 heteroatoms. The number of halogens is 2. The van der Waals surface area contributed by atoms with Crippen LogP contribution in [0.25, 0.3) is 22.3 Å². The number of benzene rings is 2. The van der Waals surface area contributed by atoms with Crippen LogP contribution in [0.15, 0.2) is 70.0 Å². The van der Waals surface area contributed by atoms with E-state index in [1.54, 1.807) is 19.9 Å². The summed E-state index contributed by atoms with van der Waals surface area (Å²) in [5.74, 6) is -4.66. The van der Waals surface area contributed by atoms with Crippen LogP contribution in [-0.2, 0) is 10.0 Å². The number of hydrogen-bond donors (Lipinski definition) is 2. The molecule has 192 valence electrons. The van der Waals surface area contributed by atoms with Gasteiger partial charge in [0.1, 0.15) is 11.3 Å². The van der Waals surface area contributed by atoms with Crippen molar-refractivity contribution in [3.8, 4) is 11.3 Å². The highest BCUT2D eigenvalue weighted by Gasteiger charge is 2.28. The van der Waals surface area contributed by atoms with Crippen LogP contribution in [-0.4, -0.2) is 25.1 Å². The summed E-state index contributed by atoms with van der Waals surface area (Å²) < 4.78 is 56.1. The second-order valence-corrected chi connectivity index (χ2v) is 10.1. The minimum atomic E-state index is -5.17. The average molecular weight is 528 g/mol. The van der Waals surface area contributed by atoms with Crippen LogP contribution in [0.3, 0.4) is 0 Å². The number of alkyl halides is 2. The molecule has 0 saturated heterocycles. The summed E-state index contributed by atoms with van der Waals surface area (Å²) in [6.07, 6.45) is 1.23. The lowest BCUT2D eigenvalue weighted by Gasteiger charge is -2.20. The number of rotatable bonds is 7. The molecule has 0 aliphatic rings. The van der Waals surface area contributed by atoms with Crippen LogP contribution in [0.5, 0.6) is 0 Å². The Kier molecular flexibility index (Phi) is 7.08. The van der Waals surface area contributed by atoms with E-state index in [1.165, 1.54) is 23.1 Å². The van der Waals surface area contributed by atoms with Gasteiger partial charge in [0.05, 0.1) is 17.1 Å². The third-order valence-electron chi connectivity index (χ3n) is 5.76. The van der Waals surface area contributed by atoms with Gasteiger partial charge in [-0.2, -0.15) is 8.78 Å². The van der Waals surface area contributed by atoms with E-state index in [4.69, 9.17) is 4.42 Å². The Morgan fingerprint density at radius 3 is 2.43 bits per heavy atom. The summed E-state index contributed by atoms with van der Waals surface area (Å²) in [7, 11) is -5.17. The van der Waals surface area contributed by atoms with E-state index in [0.29, 0.717) is 27.9 Å². The summed E-state index contributed by atoms with van der Waals surface area (Å²) in [5, 5.41) is 3.45. The average Bonchev–Trinajstić information content (AvgIpc) is 2.86. The molecule has 0 spiro atoms. The van der Waals surface area contributed by atoms with Gasteiger partial charge in [0.25, 0.3) is 15.9 Å². The van der Waals surface area contributed by atoms with Crippen LogP contribution in [0.4, 0.5) is 14.5 Å². The Labute approximate surface area is 211 Å². The van der Waals surface area contributed by atoms with Gasteiger partial charge in [-0.3, -0.25) is 9.59 Å². The molecule has 0 radical (unpaired) electrons. The van der Waals surface area contributed by atoms with E-state index < -0.39 is 33.4 Å². The van der Waals surface area contributed by atoms with E-state index in [1.807, 2.05) is 43.3 Å². The summed E-state index contributed by atoms with van der Waals surface area (Å²) in [6, 6.07) is 15.1. The smallest absolute Gasteiger partial charge is 0.355 e. The van der Waals surface area contributed by atoms with Crippen LogP contribution >= 0.6 is 0 Å². The number of sulfonamides is 1. The van der Waals surface area contributed by atoms with Crippen LogP contribution in [0, 0.1) is 13.8 Å². The topological polar surface area (TPSA) is 118 Å². The molecule has 2 N–H and O–H groups in total. The number of nitrogens with zero attached hydrogens (tertiary/aromatic N) is 1. The van der Waals surface area contributed by atoms with Crippen molar-refractivity contribution >= 4 is 32.6 Å². The third-order valence-corrected chi connectivity index (χ3v) is 6.70. The number of carbonyl (C=O) groups is 1. The lowest BCUT2D eigenvalue weighted by Crippen LogP contribution is -2.35. The molecule has 37 heavy (non-hydrogen) atoms. The third kappa shape index (κ3) is 5.21. The molecule has 0 aliphatic heterocycles. The first-order valence-corrected chi connectivity index (χ1v) is 12.7. The summed E-state index contributed by atoms with van der Waals surface area (Å²) in [6.45, 7) is 5.28. The lowest BCUT2D eigenvalue weighted by molar-refractivity contribution is 0.0973. The molecule has 0 aliphatic carbocycles. The molecule has 1 amide bonds. The van der Waals surface area contributed by atoms with Gasteiger partial charge in [-0.15, -0.1) is 0 Å². The largest absolute Gasteiger partial charge is 0.455 e. The van der Waals surface area contributed by atoms with Crippen molar-refractivity contribution in [2.45, 2.75) is 32.6 Å². The monoisotopic (exact) mass is 527 g/mol. The normalized spacial score (nSPS) is 12.5. The molecular weight excluding hydrogens is 504 g/mol. The Hall–Kier alpha value is -4.12. The fraction of sp³-hybridized carbons (Fsp3) is 0.192. The molecule has 2 aromatic carbocycles. The zero-order chi connectivity index (χ0) is 26.9. The van der Waals surface area contributed by atoms with Crippen molar-refractivity contribution in [2.75, 3.05) is 5.32 Å². The molecule has 4 aromatic rings. The van der Waals surface area contributed by atoms with Gasteiger partial charge >= 0.3 is 5.76 Å². The Bertz CT molecular complexity index is 1650. The van der Waals surface area contributed by atoms with Crippen molar-refractivity contribution in [3.05, 3.63) is 93.4 Å². The number of nitrogens with one attached hydrogen (secondary N) is 2. The van der Waals surface area contributed by atoms with Crippen molar-refractivity contribution in [2.24, 2.45) is 0 Å². The van der Waals surface area contributed by atoms with Crippen molar-refractivity contribution < 1.29 is 26.4 Å². The first-order valence-electron chi connectivity index (χ1n) is 11.2. The minimum Gasteiger partial charge on any atom is -0.455 e. The van der Waals surface area contributed by atoms with Gasteiger partial charge in [-0.1, -0.05) is 36.4 Å². The van der Waals surface area contributed by atoms with Gasteiger partial charge in [-0.05, 0) is 44.5 Å². The molecule has 8 nitrogen and oxygen atoms in total. The lowest BCUT2D eigenvalue weighted by atomic mass is 9.98. The molecule has 4 rings (SSSR count). The fourth-order valence-corrected chi connectivity index (χ4v) is 4.43. The van der Waals surface area contributed by atoms with Crippen LogP contribution in [0.2, 0.25) is 0 Å². The summed E-state index contributed by atoms with van der Waals surface area (Å²) >= 11 is 0. The number of pyridine rings is 1. The number of carbonyl (C=O) groups excluding carboxylic acids is 1. The number of aryl methyl sites for hydroxylation is 1. The zero-order valence-electron chi connectivity index (χ0n) is 20.1. The van der Waals surface area contributed by atoms with E-state index in [0.717, 1.165) is 11.1 Å². The number of amides is 1. The molecule has 0 fully saturated rings. The SMILES string of the molecule is Cc1cc(C(C)Nc2cccnc2C(=O)NS(=O)(=O)C(F)F)c2oc(-c3ccccc3)c(C)c(=O)c2c1. The van der Waals surface area contributed by atoms with E-state index in [2.05, 4.69) is 10.3 Å². The summed E-state index contributed by atoms with van der Waals surface area (Å²) in [4.78, 5) is 29.6. The second-order valence-electron chi connectivity index (χ2n) is 8.48. The van der Waals surface area contributed by atoms with E-state index in [-0.39, 0.29) is 11.1 Å². The summed E-state index contributed by atoms with van der Waals surface area (Å²) in [5.41, 5.74) is 2.45. The Morgan fingerprint density at radius 2 is 1.76 bits per heavy atom. The highest BCUT2D eigenvalue weighted by Crippen LogP contribution is 2.32. The number of anilines is 1. The van der Waals surface area contributed by atoms with Crippen LogP contribution < -0.4 is 15.5 Å². The fourth-order valence-electron chi connectivity index (χ4n) is 3.99. The van der Waals surface area contributed by atoms with Gasteiger partial charge in [0, 0.05) is 22.9 Å². The molecule has 0 bridgehead atoms.